The number of hydrogen-bond acceptors (Lipinski definition) is 2. The minimum Gasteiger partial charge on any atom is -0.312 e. The zero-order valence-electron chi connectivity index (χ0n) is 13.5. The van der Waals surface area contributed by atoms with Crippen LogP contribution in [0.25, 0.3) is 0 Å². The first kappa shape index (κ1) is 14.9. The van der Waals surface area contributed by atoms with Crippen LogP contribution in [0.3, 0.4) is 0 Å². The number of carbonyl (C=O) groups is 2. The average molecular weight is 320 g/mol. The molecule has 2 aliphatic rings. The van der Waals surface area contributed by atoms with Gasteiger partial charge in [-0.2, -0.15) is 0 Å². The van der Waals surface area contributed by atoms with Crippen molar-refractivity contribution in [3.05, 3.63) is 60.2 Å². The summed E-state index contributed by atoms with van der Waals surface area (Å²) in [6.07, 6.45) is 2.29. The van der Waals surface area contributed by atoms with E-state index in [2.05, 4.69) is 6.07 Å². The molecule has 122 valence electrons. The molecule has 0 saturated carbocycles. The van der Waals surface area contributed by atoms with Crippen LogP contribution in [0.2, 0.25) is 0 Å². The molecule has 0 aromatic heterocycles. The largest absolute Gasteiger partial charge is 0.312 e. The summed E-state index contributed by atoms with van der Waals surface area (Å²) in [7, 11) is 0. The summed E-state index contributed by atoms with van der Waals surface area (Å²) in [6, 6.07) is 17.7. The molecule has 2 aliphatic heterocycles. The van der Waals surface area contributed by atoms with E-state index < -0.39 is 0 Å². The Morgan fingerprint density at radius 2 is 1.75 bits per heavy atom. The van der Waals surface area contributed by atoms with Crippen molar-refractivity contribution in [2.24, 2.45) is 5.92 Å². The van der Waals surface area contributed by atoms with Gasteiger partial charge >= 0.3 is 0 Å². The molecule has 1 fully saturated rings. The molecule has 4 rings (SSSR count). The van der Waals surface area contributed by atoms with Gasteiger partial charge in [0, 0.05) is 30.9 Å². The van der Waals surface area contributed by atoms with Crippen molar-refractivity contribution in [1.29, 1.82) is 0 Å². The summed E-state index contributed by atoms with van der Waals surface area (Å²) in [6.45, 7) is 1.21. The molecular weight excluding hydrogens is 300 g/mol. The third-order valence-corrected chi connectivity index (χ3v) is 4.92. The fraction of sp³-hybridized carbons (Fsp3) is 0.300. The average Bonchev–Trinajstić information content (AvgIpc) is 3.03. The van der Waals surface area contributed by atoms with E-state index in [0.29, 0.717) is 13.0 Å². The van der Waals surface area contributed by atoms with Crippen molar-refractivity contribution >= 4 is 23.2 Å². The smallest absolute Gasteiger partial charge is 0.232 e. The van der Waals surface area contributed by atoms with Gasteiger partial charge in [-0.05, 0) is 36.6 Å². The van der Waals surface area contributed by atoms with E-state index in [1.165, 1.54) is 5.56 Å². The highest BCUT2D eigenvalue weighted by molar-refractivity contribution is 6.04. The fourth-order valence-corrected chi connectivity index (χ4v) is 3.71. The van der Waals surface area contributed by atoms with Crippen LogP contribution >= 0.6 is 0 Å². The van der Waals surface area contributed by atoms with Gasteiger partial charge in [-0.25, -0.2) is 0 Å². The van der Waals surface area contributed by atoms with E-state index in [-0.39, 0.29) is 17.7 Å². The van der Waals surface area contributed by atoms with Crippen molar-refractivity contribution in [3.63, 3.8) is 0 Å². The molecule has 2 heterocycles. The Labute approximate surface area is 141 Å². The molecule has 0 radical (unpaired) electrons. The SMILES string of the molecule is O=C1CC(C(=O)N2CCCc3ccccc32)CN1c1ccccc1. The van der Waals surface area contributed by atoms with Gasteiger partial charge in [0.25, 0.3) is 0 Å². The lowest BCUT2D eigenvalue weighted by atomic mass is 9.99. The molecule has 2 aromatic rings. The summed E-state index contributed by atoms with van der Waals surface area (Å²) in [4.78, 5) is 29.0. The van der Waals surface area contributed by atoms with Gasteiger partial charge in [0.15, 0.2) is 0 Å². The molecule has 4 heteroatoms. The van der Waals surface area contributed by atoms with Crippen molar-refractivity contribution in [2.75, 3.05) is 22.9 Å². The van der Waals surface area contributed by atoms with Crippen LogP contribution in [-0.4, -0.2) is 24.9 Å². The fourth-order valence-electron chi connectivity index (χ4n) is 3.71. The van der Waals surface area contributed by atoms with Gasteiger partial charge in [-0.1, -0.05) is 36.4 Å². The topological polar surface area (TPSA) is 40.6 Å². The Bertz CT molecular complexity index is 772. The van der Waals surface area contributed by atoms with E-state index in [0.717, 1.165) is 30.8 Å². The highest BCUT2D eigenvalue weighted by Gasteiger charge is 2.38. The standard InChI is InChI=1S/C20H20N2O2/c23-19-13-16(14-22(19)17-9-2-1-3-10-17)20(24)21-12-6-8-15-7-4-5-11-18(15)21/h1-5,7,9-11,16H,6,8,12-14H2. The Morgan fingerprint density at radius 3 is 2.58 bits per heavy atom. The lowest BCUT2D eigenvalue weighted by Gasteiger charge is -2.31. The first-order valence-electron chi connectivity index (χ1n) is 8.49. The normalized spacial score (nSPS) is 20.2. The molecule has 2 aromatic carbocycles. The highest BCUT2D eigenvalue weighted by atomic mass is 16.2. The molecule has 1 saturated heterocycles. The monoisotopic (exact) mass is 320 g/mol. The van der Waals surface area contributed by atoms with Crippen LogP contribution in [-0.2, 0) is 16.0 Å². The second-order valence-electron chi connectivity index (χ2n) is 6.46. The predicted molar refractivity (Wildman–Crippen MR) is 94.0 cm³/mol. The number of nitrogens with zero attached hydrogens (tertiary/aromatic N) is 2. The summed E-state index contributed by atoms with van der Waals surface area (Å²) in [5.74, 6) is -0.150. The minimum absolute atomic E-state index is 0.0323. The number of rotatable bonds is 2. The van der Waals surface area contributed by atoms with E-state index in [4.69, 9.17) is 0 Å². The number of para-hydroxylation sites is 2. The number of aryl methyl sites for hydroxylation is 1. The van der Waals surface area contributed by atoms with E-state index in [1.54, 1.807) is 4.90 Å². The molecular formula is C20H20N2O2. The molecule has 1 atom stereocenters. The summed E-state index contributed by atoms with van der Waals surface area (Å²) in [5.41, 5.74) is 3.11. The zero-order valence-corrected chi connectivity index (χ0v) is 13.5. The van der Waals surface area contributed by atoms with Gasteiger partial charge in [-0.3, -0.25) is 9.59 Å². The third-order valence-electron chi connectivity index (χ3n) is 4.92. The van der Waals surface area contributed by atoms with Crippen LogP contribution in [0.4, 0.5) is 11.4 Å². The second kappa shape index (κ2) is 6.11. The van der Waals surface area contributed by atoms with E-state index in [1.807, 2.05) is 53.4 Å². The molecule has 4 nitrogen and oxygen atoms in total. The van der Waals surface area contributed by atoms with Crippen molar-refractivity contribution in [3.8, 4) is 0 Å². The summed E-state index contributed by atoms with van der Waals surface area (Å²) in [5, 5.41) is 0. The number of hydrogen-bond donors (Lipinski definition) is 0. The van der Waals surface area contributed by atoms with Crippen molar-refractivity contribution in [2.45, 2.75) is 19.3 Å². The first-order valence-corrected chi connectivity index (χ1v) is 8.49. The lowest BCUT2D eigenvalue weighted by Crippen LogP contribution is -2.40. The summed E-state index contributed by atoms with van der Waals surface area (Å²) >= 11 is 0. The molecule has 0 bridgehead atoms. The molecule has 24 heavy (non-hydrogen) atoms. The highest BCUT2D eigenvalue weighted by Crippen LogP contribution is 2.31. The van der Waals surface area contributed by atoms with Crippen LogP contribution in [0.15, 0.2) is 54.6 Å². The molecule has 0 aliphatic carbocycles. The number of benzene rings is 2. The van der Waals surface area contributed by atoms with Crippen LogP contribution in [0.1, 0.15) is 18.4 Å². The van der Waals surface area contributed by atoms with Gasteiger partial charge < -0.3 is 9.80 Å². The van der Waals surface area contributed by atoms with E-state index in [9.17, 15) is 9.59 Å². The number of fused-ring (bicyclic) bond motifs is 1. The van der Waals surface area contributed by atoms with E-state index >= 15 is 0 Å². The van der Waals surface area contributed by atoms with Crippen molar-refractivity contribution < 1.29 is 9.59 Å². The molecule has 2 amide bonds. The Balaban J connectivity index is 1.55. The number of carbonyl (C=O) groups excluding carboxylic acids is 2. The van der Waals surface area contributed by atoms with Crippen LogP contribution < -0.4 is 9.80 Å². The predicted octanol–water partition coefficient (Wildman–Crippen LogP) is 3.02. The quantitative estimate of drug-likeness (QED) is 0.853. The second-order valence-corrected chi connectivity index (χ2v) is 6.46. The Kier molecular flexibility index (Phi) is 3.81. The number of anilines is 2. The summed E-state index contributed by atoms with van der Waals surface area (Å²) < 4.78 is 0. The molecule has 1 unspecified atom stereocenters. The minimum atomic E-state index is -0.260. The van der Waals surface area contributed by atoms with Crippen LogP contribution in [0, 0.1) is 5.92 Å². The molecule has 0 spiro atoms. The maximum Gasteiger partial charge on any atom is 0.232 e. The van der Waals surface area contributed by atoms with Gasteiger partial charge in [-0.15, -0.1) is 0 Å². The van der Waals surface area contributed by atoms with Gasteiger partial charge in [0.1, 0.15) is 0 Å². The Hall–Kier alpha value is -2.62. The van der Waals surface area contributed by atoms with Gasteiger partial charge in [0.05, 0.1) is 5.92 Å². The maximum absolute atomic E-state index is 13.0. The Morgan fingerprint density at radius 1 is 1.00 bits per heavy atom. The molecule has 0 N–H and O–H groups in total. The zero-order chi connectivity index (χ0) is 16.5. The number of amides is 2. The van der Waals surface area contributed by atoms with Gasteiger partial charge in [0.2, 0.25) is 11.8 Å². The van der Waals surface area contributed by atoms with Crippen LogP contribution in [0.5, 0.6) is 0 Å². The third kappa shape index (κ3) is 2.58. The van der Waals surface area contributed by atoms with Crippen molar-refractivity contribution in [1.82, 2.24) is 0 Å². The maximum atomic E-state index is 13.0. The lowest BCUT2D eigenvalue weighted by molar-refractivity contribution is -0.124. The first-order chi connectivity index (χ1) is 11.7.